The number of hydrogen-bond acceptors (Lipinski definition) is 6. The van der Waals surface area contributed by atoms with Crippen molar-refractivity contribution in [2.45, 2.75) is 0 Å². The van der Waals surface area contributed by atoms with E-state index in [0.29, 0.717) is 38.7 Å². The van der Waals surface area contributed by atoms with Gasteiger partial charge >= 0.3 is 0 Å². The second-order valence-electron chi connectivity index (χ2n) is 5.24. The van der Waals surface area contributed by atoms with Crippen LogP contribution in [-0.2, 0) is 0 Å². The molecule has 2 aromatic rings. The predicted octanol–water partition coefficient (Wildman–Crippen LogP) is 3.63. The summed E-state index contributed by atoms with van der Waals surface area (Å²) in [6.45, 7) is 0.143. The molecule has 1 aliphatic heterocycles. The molecule has 2 aromatic carbocycles. The Labute approximate surface area is 153 Å². The zero-order chi connectivity index (χ0) is 18.0. The summed E-state index contributed by atoms with van der Waals surface area (Å²) in [4.78, 5) is 12.6. The number of nitrogens with two attached hydrogens (primary N) is 1. The molecule has 0 atom stereocenters. The number of hydrogen-bond donors (Lipinski definition) is 1. The van der Waals surface area contributed by atoms with Crippen molar-refractivity contribution >= 4 is 33.5 Å². The SMILES string of the molecule is COc1ccc(C(=O)/C(Br)=C\c2cc(OC)c3c(c2)OCO3)cc1N. The van der Waals surface area contributed by atoms with E-state index in [9.17, 15) is 4.79 Å². The van der Waals surface area contributed by atoms with Gasteiger partial charge in [0.15, 0.2) is 17.3 Å². The van der Waals surface area contributed by atoms with Gasteiger partial charge in [-0.25, -0.2) is 0 Å². The highest BCUT2D eigenvalue weighted by Crippen LogP contribution is 2.42. The van der Waals surface area contributed by atoms with Gasteiger partial charge in [-0.1, -0.05) is 0 Å². The zero-order valence-electron chi connectivity index (χ0n) is 13.7. The van der Waals surface area contributed by atoms with E-state index in [4.69, 9.17) is 24.7 Å². The highest BCUT2D eigenvalue weighted by molar-refractivity contribution is 9.12. The minimum Gasteiger partial charge on any atom is -0.495 e. The van der Waals surface area contributed by atoms with Gasteiger partial charge in [0.2, 0.25) is 12.5 Å². The molecule has 25 heavy (non-hydrogen) atoms. The molecule has 3 rings (SSSR count). The average molecular weight is 406 g/mol. The first-order valence-corrected chi connectivity index (χ1v) is 8.16. The Bertz CT molecular complexity index is 863. The third-order valence-electron chi connectivity index (χ3n) is 3.68. The van der Waals surface area contributed by atoms with Crippen molar-refractivity contribution in [3.8, 4) is 23.0 Å². The minimum absolute atomic E-state index is 0.143. The molecule has 7 heteroatoms. The van der Waals surface area contributed by atoms with E-state index >= 15 is 0 Å². The predicted molar refractivity (Wildman–Crippen MR) is 97.8 cm³/mol. The topological polar surface area (TPSA) is 80.0 Å². The Morgan fingerprint density at radius 2 is 1.92 bits per heavy atom. The molecule has 1 heterocycles. The van der Waals surface area contributed by atoms with Crippen LogP contribution in [0.25, 0.3) is 6.08 Å². The van der Waals surface area contributed by atoms with Crippen LogP contribution in [0.2, 0.25) is 0 Å². The number of Topliss-reactive ketones (excluding diaryl/α,β-unsaturated/α-hetero) is 1. The van der Waals surface area contributed by atoms with Gasteiger partial charge in [0.05, 0.1) is 24.4 Å². The van der Waals surface area contributed by atoms with Gasteiger partial charge in [-0.2, -0.15) is 0 Å². The molecule has 0 radical (unpaired) electrons. The van der Waals surface area contributed by atoms with Crippen LogP contribution in [0.15, 0.2) is 34.8 Å². The van der Waals surface area contributed by atoms with Crippen molar-refractivity contribution in [3.63, 3.8) is 0 Å². The number of anilines is 1. The summed E-state index contributed by atoms with van der Waals surface area (Å²) in [6, 6.07) is 8.45. The molecule has 0 aromatic heterocycles. The molecule has 0 unspecified atom stereocenters. The summed E-state index contributed by atoms with van der Waals surface area (Å²) in [5.41, 5.74) is 7.46. The molecular formula is C18H16BrNO5. The van der Waals surface area contributed by atoms with Crippen LogP contribution in [0.4, 0.5) is 5.69 Å². The fourth-order valence-electron chi connectivity index (χ4n) is 2.46. The number of fused-ring (bicyclic) bond motifs is 1. The number of carbonyl (C=O) groups is 1. The Morgan fingerprint density at radius 1 is 1.16 bits per heavy atom. The summed E-state index contributed by atoms with van der Waals surface area (Å²) in [5.74, 6) is 2.00. The van der Waals surface area contributed by atoms with Crippen molar-refractivity contribution in [1.29, 1.82) is 0 Å². The average Bonchev–Trinajstić information content (AvgIpc) is 3.08. The fraction of sp³-hybridized carbons (Fsp3) is 0.167. The van der Waals surface area contributed by atoms with Crippen molar-refractivity contribution in [3.05, 3.63) is 45.9 Å². The molecular weight excluding hydrogens is 390 g/mol. The summed E-state index contributed by atoms with van der Waals surface area (Å²) < 4.78 is 21.5. The maximum absolute atomic E-state index is 12.6. The van der Waals surface area contributed by atoms with Gasteiger partial charge < -0.3 is 24.7 Å². The van der Waals surface area contributed by atoms with E-state index in [1.807, 2.05) is 0 Å². The molecule has 130 valence electrons. The second-order valence-corrected chi connectivity index (χ2v) is 6.09. The Balaban J connectivity index is 1.91. The third-order valence-corrected chi connectivity index (χ3v) is 4.27. The van der Waals surface area contributed by atoms with E-state index < -0.39 is 0 Å². The number of halogens is 1. The first-order chi connectivity index (χ1) is 12.0. The maximum atomic E-state index is 12.6. The molecule has 0 saturated heterocycles. The lowest BCUT2D eigenvalue weighted by Crippen LogP contribution is -2.01. The van der Waals surface area contributed by atoms with Gasteiger partial charge in [-0.3, -0.25) is 4.79 Å². The number of rotatable bonds is 5. The lowest BCUT2D eigenvalue weighted by molar-refractivity contribution is 0.104. The Morgan fingerprint density at radius 3 is 2.60 bits per heavy atom. The molecule has 0 fully saturated rings. The molecule has 2 N–H and O–H groups in total. The highest BCUT2D eigenvalue weighted by Gasteiger charge is 2.20. The van der Waals surface area contributed by atoms with Crippen LogP contribution < -0.4 is 24.7 Å². The number of allylic oxidation sites excluding steroid dienone is 1. The van der Waals surface area contributed by atoms with Gasteiger partial charge in [0.25, 0.3) is 0 Å². The van der Waals surface area contributed by atoms with Crippen molar-refractivity contribution in [2.75, 3.05) is 26.7 Å². The maximum Gasteiger partial charge on any atom is 0.231 e. The van der Waals surface area contributed by atoms with Crippen LogP contribution in [0.5, 0.6) is 23.0 Å². The number of nitrogen functional groups attached to an aromatic ring is 1. The van der Waals surface area contributed by atoms with E-state index in [1.54, 1.807) is 43.5 Å². The zero-order valence-corrected chi connectivity index (χ0v) is 15.3. The van der Waals surface area contributed by atoms with Crippen molar-refractivity contribution < 1.29 is 23.7 Å². The molecule has 0 saturated carbocycles. The van der Waals surface area contributed by atoms with E-state index in [0.717, 1.165) is 5.56 Å². The number of ether oxygens (including phenoxy) is 4. The first kappa shape index (κ1) is 17.2. The smallest absolute Gasteiger partial charge is 0.231 e. The third kappa shape index (κ3) is 3.41. The quantitative estimate of drug-likeness (QED) is 0.464. The van der Waals surface area contributed by atoms with Crippen molar-refractivity contribution in [1.82, 2.24) is 0 Å². The van der Waals surface area contributed by atoms with E-state index in [-0.39, 0.29) is 12.6 Å². The minimum atomic E-state index is -0.203. The van der Waals surface area contributed by atoms with Crippen LogP contribution in [0.1, 0.15) is 15.9 Å². The van der Waals surface area contributed by atoms with Gasteiger partial charge in [0.1, 0.15) is 5.75 Å². The van der Waals surface area contributed by atoms with Gasteiger partial charge in [-0.05, 0) is 57.9 Å². The largest absolute Gasteiger partial charge is 0.495 e. The Hall–Kier alpha value is -2.67. The lowest BCUT2D eigenvalue weighted by Gasteiger charge is -2.08. The second kappa shape index (κ2) is 7.06. The van der Waals surface area contributed by atoms with Crippen LogP contribution >= 0.6 is 15.9 Å². The summed E-state index contributed by atoms with van der Waals surface area (Å²) in [7, 11) is 3.07. The number of methoxy groups -OCH3 is 2. The number of ketones is 1. The molecule has 0 amide bonds. The van der Waals surface area contributed by atoms with E-state index in [2.05, 4.69) is 15.9 Å². The lowest BCUT2D eigenvalue weighted by atomic mass is 10.1. The molecule has 0 bridgehead atoms. The molecule has 1 aliphatic rings. The summed E-state index contributed by atoms with van der Waals surface area (Å²) in [5, 5.41) is 0. The normalized spacial score (nSPS) is 12.8. The molecule has 0 spiro atoms. The van der Waals surface area contributed by atoms with Gasteiger partial charge in [0, 0.05) is 5.56 Å². The first-order valence-electron chi connectivity index (χ1n) is 7.36. The summed E-state index contributed by atoms with van der Waals surface area (Å²) in [6.07, 6.45) is 1.69. The standard InChI is InChI=1S/C18H16BrNO5/c1-22-14-4-3-11(8-13(14)20)17(21)12(19)5-10-6-15(23-2)18-16(7-10)24-9-25-18/h3-8H,9,20H2,1-2H3/b12-5+. The van der Waals surface area contributed by atoms with E-state index in [1.165, 1.54) is 7.11 Å². The number of carbonyl (C=O) groups excluding carboxylic acids is 1. The monoisotopic (exact) mass is 405 g/mol. The Kier molecular flexibility index (Phi) is 4.85. The molecule has 0 aliphatic carbocycles. The molecule has 6 nitrogen and oxygen atoms in total. The summed E-state index contributed by atoms with van der Waals surface area (Å²) >= 11 is 3.33. The number of benzene rings is 2. The van der Waals surface area contributed by atoms with Crippen LogP contribution in [0, 0.1) is 0 Å². The van der Waals surface area contributed by atoms with Gasteiger partial charge in [-0.15, -0.1) is 0 Å². The highest BCUT2D eigenvalue weighted by atomic mass is 79.9. The fourth-order valence-corrected chi connectivity index (χ4v) is 2.95. The van der Waals surface area contributed by atoms with Crippen LogP contribution in [0.3, 0.4) is 0 Å². The van der Waals surface area contributed by atoms with Crippen molar-refractivity contribution in [2.24, 2.45) is 0 Å². The van der Waals surface area contributed by atoms with Crippen LogP contribution in [-0.4, -0.2) is 26.8 Å².